The van der Waals surface area contributed by atoms with E-state index in [4.69, 9.17) is 5.73 Å². The molecule has 0 spiro atoms. The maximum atomic E-state index is 11.7. The van der Waals surface area contributed by atoms with E-state index >= 15 is 0 Å². The largest absolute Gasteiger partial charge is 0.369 e. The van der Waals surface area contributed by atoms with Gasteiger partial charge in [-0.15, -0.1) is 37.2 Å². The summed E-state index contributed by atoms with van der Waals surface area (Å²) in [5, 5.41) is 2.90. The first-order valence-corrected chi connectivity index (χ1v) is 8.47. The van der Waals surface area contributed by atoms with Gasteiger partial charge in [0, 0.05) is 38.4 Å². The smallest absolute Gasteiger partial charge is 0.239 e. The van der Waals surface area contributed by atoms with E-state index in [9.17, 15) is 4.79 Å². The molecule has 1 amide bonds. The van der Waals surface area contributed by atoms with Crippen molar-refractivity contribution >= 4 is 48.8 Å². The summed E-state index contributed by atoms with van der Waals surface area (Å²) < 4.78 is 0. The Labute approximate surface area is 176 Å². The van der Waals surface area contributed by atoms with E-state index in [1.54, 1.807) is 13.8 Å². The number of anilines is 1. The predicted molar refractivity (Wildman–Crippen MR) is 117 cm³/mol. The summed E-state index contributed by atoms with van der Waals surface area (Å²) >= 11 is 0. The van der Waals surface area contributed by atoms with Crippen LogP contribution in [0.3, 0.4) is 0 Å². The van der Waals surface area contributed by atoms with Gasteiger partial charge in [-0.05, 0) is 51.4 Å². The zero-order chi connectivity index (χ0) is 16.9. The summed E-state index contributed by atoms with van der Waals surface area (Å²) in [4.78, 5) is 16.6. The average Bonchev–Trinajstić information content (AvgIpc) is 2.51. The average molecular weight is 428 g/mol. The van der Waals surface area contributed by atoms with Gasteiger partial charge in [0.05, 0.1) is 5.54 Å². The van der Waals surface area contributed by atoms with Crippen molar-refractivity contribution in [1.29, 1.82) is 0 Å². The van der Waals surface area contributed by atoms with Gasteiger partial charge in [-0.2, -0.15) is 0 Å². The third-order valence-electron chi connectivity index (χ3n) is 4.26. The summed E-state index contributed by atoms with van der Waals surface area (Å²) in [6.07, 6.45) is 0.965. The van der Waals surface area contributed by atoms with Crippen LogP contribution in [0.2, 0.25) is 0 Å². The van der Waals surface area contributed by atoms with Crippen molar-refractivity contribution in [2.75, 3.05) is 44.2 Å². The number of hydrogen-bond donors (Lipinski definition) is 2. The number of piperazine rings is 1. The first-order chi connectivity index (χ1) is 10.9. The summed E-state index contributed by atoms with van der Waals surface area (Å²) in [7, 11) is 0. The minimum Gasteiger partial charge on any atom is -0.369 e. The van der Waals surface area contributed by atoms with Crippen molar-refractivity contribution < 1.29 is 4.79 Å². The first kappa shape index (κ1) is 27.5. The summed E-state index contributed by atoms with van der Waals surface area (Å²) in [6.45, 7) is 11.6. The topological polar surface area (TPSA) is 61.6 Å². The van der Waals surface area contributed by atoms with Crippen LogP contribution < -0.4 is 16.0 Å². The molecular weight excluding hydrogens is 395 g/mol. The summed E-state index contributed by atoms with van der Waals surface area (Å²) in [5.74, 6) is -0.0817. The zero-order valence-corrected chi connectivity index (χ0v) is 18.3. The highest BCUT2D eigenvalue weighted by Gasteiger charge is 2.21. The Bertz CT molecular complexity index is 529. The molecule has 3 N–H and O–H groups in total. The minimum absolute atomic E-state index is 0. The second kappa shape index (κ2) is 12.6. The fraction of sp³-hybridized carbons (Fsp3) is 0.611. The van der Waals surface area contributed by atoms with E-state index in [0.717, 1.165) is 39.1 Å². The maximum absolute atomic E-state index is 11.7. The Morgan fingerprint density at radius 1 is 1.15 bits per heavy atom. The van der Waals surface area contributed by atoms with E-state index in [-0.39, 0.29) is 43.1 Å². The van der Waals surface area contributed by atoms with Gasteiger partial charge in [-0.3, -0.25) is 9.69 Å². The normalized spacial score (nSPS) is 14.5. The second-order valence-corrected chi connectivity index (χ2v) is 7.00. The molecule has 0 atom stereocenters. The van der Waals surface area contributed by atoms with Gasteiger partial charge in [-0.1, -0.05) is 12.1 Å². The highest BCUT2D eigenvalue weighted by Crippen LogP contribution is 2.17. The van der Waals surface area contributed by atoms with Crippen LogP contribution in [-0.4, -0.2) is 55.6 Å². The molecule has 1 saturated heterocycles. The molecule has 1 heterocycles. The van der Waals surface area contributed by atoms with E-state index in [2.05, 4.69) is 46.3 Å². The Morgan fingerprint density at radius 3 is 2.31 bits per heavy atom. The lowest BCUT2D eigenvalue weighted by atomic mass is 10.1. The van der Waals surface area contributed by atoms with Crippen molar-refractivity contribution in [3.63, 3.8) is 0 Å². The van der Waals surface area contributed by atoms with Crippen LogP contribution in [0.5, 0.6) is 0 Å². The van der Waals surface area contributed by atoms with E-state index in [0.29, 0.717) is 6.54 Å². The molecule has 0 radical (unpaired) electrons. The quantitative estimate of drug-likeness (QED) is 0.685. The Hall–Kier alpha value is -0.720. The molecule has 1 aromatic rings. The molecule has 0 bridgehead atoms. The van der Waals surface area contributed by atoms with Crippen molar-refractivity contribution in [3.05, 3.63) is 29.8 Å². The molecule has 26 heavy (non-hydrogen) atoms. The van der Waals surface area contributed by atoms with Gasteiger partial charge in [0.1, 0.15) is 0 Å². The third kappa shape index (κ3) is 8.78. The first-order valence-electron chi connectivity index (χ1n) is 8.47. The molecule has 2 rings (SSSR count). The number of aryl methyl sites for hydroxylation is 1. The lowest BCUT2D eigenvalue weighted by Gasteiger charge is -2.36. The molecule has 0 saturated carbocycles. The molecule has 1 aromatic carbocycles. The van der Waals surface area contributed by atoms with Crippen LogP contribution in [0.4, 0.5) is 5.69 Å². The predicted octanol–water partition coefficient (Wildman–Crippen LogP) is 2.63. The molecular formula is C18H33Cl3N4O. The molecule has 1 aliphatic rings. The monoisotopic (exact) mass is 426 g/mol. The van der Waals surface area contributed by atoms with Crippen molar-refractivity contribution in [3.8, 4) is 0 Å². The van der Waals surface area contributed by atoms with Crippen LogP contribution in [0.1, 0.15) is 25.8 Å². The van der Waals surface area contributed by atoms with Crippen LogP contribution in [0.15, 0.2) is 24.3 Å². The number of amides is 1. The van der Waals surface area contributed by atoms with Crippen molar-refractivity contribution in [1.82, 2.24) is 10.2 Å². The van der Waals surface area contributed by atoms with E-state index in [1.807, 2.05) is 0 Å². The molecule has 152 valence electrons. The van der Waals surface area contributed by atoms with Crippen LogP contribution >= 0.6 is 37.2 Å². The van der Waals surface area contributed by atoms with E-state index < -0.39 is 5.54 Å². The number of halogens is 3. The number of benzene rings is 1. The Morgan fingerprint density at radius 2 is 1.77 bits per heavy atom. The number of nitrogens with one attached hydrogen (secondary N) is 1. The highest BCUT2D eigenvalue weighted by molar-refractivity contribution is 5.86. The fourth-order valence-electron chi connectivity index (χ4n) is 2.79. The van der Waals surface area contributed by atoms with Gasteiger partial charge in [0.15, 0.2) is 0 Å². The molecule has 0 aromatic heterocycles. The van der Waals surface area contributed by atoms with Gasteiger partial charge in [0.2, 0.25) is 5.91 Å². The summed E-state index contributed by atoms with van der Waals surface area (Å²) in [6, 6.07) is 8.70. The minimum atomic E-state index is -0.792. The van der Waals surface area contributed by atoms with E-state index in [1.165, 1.54) is 11.3 Å². The van der Waals surface area contributed by atoms with Crippen LogP contribution in [0.25, 0.3) is 0 Å². The number of hydrogen-bond acceptors (Lipinski definition) is 4. The Balaban J connectivity index is 0. The molecule has 1 aliphatic heterocycles. The zero-order valence-electron chi connectivity index (χ0n) is 15.9. The highest BCUT2D eigenvalue weighted by atomic mass is 35.5. The number of carbonyl (C=O) groups excluding carboxylic acids is 1. The van der Waals surface area contributed by atoms with Gasteiger partial charge < -0.3 is 16.0 Å². The number of rotatable bonds is 6. The van der Waals surface area contributed by atoms with Gasteiger partial charge in [0.25, 0.3) is 0 Å². The van der Waals surface area contributed by atoms with Gasteiger partial charge in [-0.25, -0.2) is 0 Å². The molecule has 1 fully saturated rings. The summed E-state index contributed by atoms with van der Waals surface area (Å²) in [5.41, 5.74) is 7.60. The maximum Gasteiger partial charge on any atom is 0.239 e. The third-order valence-corrected chi connectivity index (χ3v) is 4.26. The van der Waals surface area contributed by atoms with Crippen molar-refractivity contribution in [2.24, 2.45) is 5.73 Å². The molecule has 8 heteroatoms. The Kier molecular flexibility index (Phi) is 13.4. The number of nitrogens with two attached hydrogens (primary N) is 1. The molecule has 0 aliphatic carbocycles. The van der Waals surface area contributed by atoms with Gasteiger partial charge >= 0.3 is 0 Å². The molecule has 0 unspecified atom stereocenters. The lowest BCUT2D eigenvalue weighted by molar-refractivity contribution is -0.125. The fourth-order valence-corrected chi connectivity index (χ4v) is 2.79. The number of nitrogens with zero attached hydrogens (tertiary/aromatic N) is 2. The lowest BCUT2D eigenvalue weighted by Crippen LogP contribution is -2.50. The second-order valence-electron chi connectivity index (χ2n) is 7.00. The standard InChI is InChI=1S/C18H30N4O.3ClH/c1-15-6-4-7-16(14-15)22-12-10-21(11-13-22)9-5-8-20-17(23)18(2,3)19;;;/h4,6-7,14H,5,8-13,19H2,1-3H3,(H,20,23);3*1H. The SMILES string of the molecule is Cc1cccc(N2CCN(CCCNC(=O)C(C)(C)N)CC2)c1.Cl.Cl.Cl. The number of carbonyl (C=O) groups is 1. The van der Waals surface area contributed by atoms with Crippen LogP contribution in [0, 0.1) is 6.92 Å². The van der Waals surface area contributed by atoms with Crippen LogP contribution in [-0.2, 0) is 4.79 Å². The molecule has 5 nitrogen and oxygen atoms in total. The van der Waals surface area contributed by atoms with Crippen molar-refractivity contribution in [2.45, 2.75) is 32.7 Å².